The molecule has 0 bridgehead atoms. The zero-order valence-corrected chi connectivity index (χ0v) is 12.8. The predicted octanol–water partition coefficient (Wildman–Crippen LogP) is 4.47. The molecule has 1 heteroatoms. The summed E-state index contributed by atoms with van der Waals surface area (Å²) >= 11 is 0. The van der Waals surface area contributed by atoms with E-state index in [0.29, 0.717) is 11.5 Å². The first-order valence-electron chi connectivity index (χ1n) is 7.83. The van der Waals surface area contributed by atoms with Gasteiger partial charge in [0.1, 0.15) is 0 Å². The lowest BCUT2D eigenvalue weighted by Gasteiger charge is -2.37. The van der Waals surface area contributed by atoms with E-state index in [4.69, 9.17) is 5.73 Å². The first-order chi connectivity index (χ1) is 9.03. The number of rotatable bonds is 5. The maximum atomic E-state index is 6.66. The third kappa shape index (κ3) is 3.39. The van der Waals surface area contributed by atoms with Gasteiger partial charge in [-0.25, -0.2) is 0 Å². The Morgan fingerprint density at radius 3 is 2.37 bits per heavy atom. The highest BCUT2D eigenvalue weighted by molar-refractivity contribution is 5.26. The highest BCUT2D eigenvalue weighted by Crippen LogP contribution is 2.46. The first kappa shape index (κ1) is 14.6. The molecule has 0 aliphatic heterocycles. The van der Waals surface area contributed by atoms with Gasteiger partial charge in [0.15, 0.2) is 0 Å². The lowest BCUT2D eigenvalue weighted by molar-refractivity contribution is 0.181. The Balaban J connectivity index is 2.12. The Kier molecular flexibility index (Phi) is 4.67. The summed E-state index contributed by atoms with van der Waals surface area (Å²) in [5.41, 5.74) is 9.88. The minimum absolute atomic E-state index is 0.318. The number of aryl methyl sites for hydroxylation is 1. The van der Waals surface area contributed by atoms with Crippen LogP contribution in [0.3, 0.4) is 0 Å². The third-order valence-electron chi connectivity index (χ3n) is 4.90. The summed E-state index contributed by atoms with van der Waals surface area (Å²) in [5.74, 6) is 0.751. The van der Waals surface area contributed by atoms with Gasteiger partial charge in [-0.2, -0.15) is 0 Å². The van der Waals surface area contributed by atoms with Gasteiger partial charge in [-0.3, -0.25) is 0 Å². The molecule has 2 rings (SSSR count). The van der Waals surface area contributed by atoms with E-state index in [1.54, 1.807) is 0 Å². The largest absolute Gasteiger partial charge is 0.327 e. The molecule has 1 atom stereocenters. The van der Waals surface area contributed by atoms with Gasteiger partial charge in [0.2, 0.25) is 0 Å². The molecule has 106 valence electrons. The number of nitrogens with two attached hydrogens (primary N) is 1. The molecule has 1 aliphatic carbocycles. The molecule has 0 heterocycles. The SMILES string of the molecule is Cc1ccccc1CC(N)C1(CC(C)C)CCCC1. The molecular formula is C18H29N. The van der Waals surface area contributed by atoms with E-state index in [-0.39, 0.29) is 0 Å². The van der Waals surface area contributed by atoms with Crippen LogP contribution in [0.2, 0.25) is 0 Å². The molecule has 1 aliphatic rings. The van der Waals surface area contributed by atoms with Crippen molar-refractivity contribution in [3.8, 4) is 0 Å². The number of hydrogen-bond acceptors (Lipinski definition) is 1. The Bertz CT molecular complexity index is 402. The van der Waals surface area contributed by atoms with Crippen molar-refractivity contribution in [1.29, 1.82) is 0 Å². The van der Waals surface area contributed by atoms with Crippen LogP contribution >= 0.6 is 0 Å². The van der Waals surface area contributed by atoms with Crippen LogP contribution in [0.25, 0.3) is 0 Å². The Hall–Kier alpha value is -0.820. The van der Waals surface area contributed by atoms with Gasteiger partial charge in [0.25, 0.3) is 0 Å². The van der Waals surface area contributed by atoms with Crippen LogP contribution in [-0.4, -0.2) is 6.04 Å². The van der Waals surface area contributed by atoms with Gasteiger partial charge in [-0.1, -0.05) is 51.0 Å². The molecule has 19 heavy (non-hydrogen) atoms. The maximum absolute atomic E-state index is 6.66. The third-order valence-corrected chi connectivity index (χ3v) is 4.90. The van der Waals surface area contributed by atoms with E-state index in [0.717, 1.165) is 12.3 Å². The van der Waals surface area contributed by atoms with E-state index < -0.39 is 0 Å². The summed E-state index contributed by atoms with van der Waals surface area (Å²) in [6.07, 6.45) is 7.73. The molecule has 0 spiro atoms. The van der Waals surface area contributed by atoms with Gasteiger partial charge >= 0.3 is 0 Å². The van der Waals surface area contributed by atoms with Crippen molar-refractivity contribution >= 4 is 0 Å². The van der Waals surface area contributed by atoms with E-state index in [1.807, 2.05) is 0 Å². The van der Waals surface area contributed by atoms with E-state index in [2.05, 4.69) is 45.0 Å². The molecule has 0 radical (unpaired) electrons. The van der Waals surface area contributed by atoms with Crippen molar-refractivity contribution in [2.75, 3.05) is 0 Å². The summed E-state index contributed by atoms with van der Waals surface area (Å²) in [4.78, 5) is 0. The molecule has 0 amide bonds. The second kappa shape index (κ2) is 6.09. The van der Waals surface area contributed by atoms with Crippen LogP contribution < -0.4 is 5.73 Å². The van der Waals surface area contributed by atoms with Crippen LogP contribution in [0.1, 0.15) is 57.1 Å². The highest BCUT2D eigenvalue weighted by Gasteiger charge is 2.39. The lowest BCUT2D eigenvalue weighted by atomic mass is 9.71. The molecule has 0 saturated heterocycles. The number of hydrogen-bond donors (Lipinski definition) is 1. The normalized spacial score (nSPS) is 19.8. The molecule has 1 unspecified atom stereocenters. The monoisotopic (exact) mass is 259 g/mol. The molecule has 1 aromatic rings. The van der Waals surface area contributed by atoms with Crippen molar-refractivity contribution in [1.82, 2.24) is 0 Å². The van der Waals surface area contributed by atoms with Crippen molar-refractivity contribution in [2.24, 2.45) is 17.1 Å². The van der Waals surface area contributed by atoms with E-state index in [9.17, 15) is 0 Å². The Labute approximate surface area is 118 Å². The minimum atomic E-state index is 0.318. The lowest BCUT2D eigenvalue weighted by Crippen LogP contribution is -2.42. The quantitative estimate of drug-likeness (QED) is 0.829. The molecule has 0 aromatic heterocycles. The van der Waals surface area contributed by atoms with Crippen LogP contribution in [0, 0.1) is 18.3 Å². The van der Waals surface area contributed by atoms with Gasteiger partial charge in [0.05, 0.1) is 0 Å². The van der Waals surface area contributed by atoms with Gasteiger partial charge < -0.3 is 5.73 Å². The van der Waals surface area contributed by atoms with E-state index >= 15 is 0 Å². The van der Waals surface area contributed by atoms with Crippen molar-refractivity contribution in [3.63, 3.8) is 0 Å². The van der Waals surface area contributed by atoms with Gasteiger partial charge in [0, 0.05) is 6.04 Å². The van der Waals surface area contributed by atoms with E-state index in [1.165, 1.54) is 43.2 Å². The van der Waals surface area contributed by atoms with Crippen LogP contribution in [-0.2, 0) is 6.42 Å². The highest BCUT2D eigenvalue weighted by atomic mass is 14.7. The second-order valence-electron chi connectivity index (χ2n) is 6.90. The summed E-state index contributed by atoms with van der Waals surface area (Å²) in [7, 11) is 0. The topological polar surface area (TPSA) is 26.0 Å². The van der Waals surface area contributed by atoms with Gasteiger partial charge in [-0.15, -0.1) is 0 Å². The second-order valence-corrected chi connectivity index (χ2v) is 6.90. The summed E-state index contributed by atoms with van der Waals surface area (Å²) in [5, 5.41) is 0. The first-order valence-corrected chi connectivity index (χ1v) is 7.83. The van der Waals surface area contributed by atoms with Crippen molar-refractivity contribution < 1.29 is 0 Å². The van der Waals surface area contributed by atoms with Crippen LogP contribution in [0.5, 0.6) is 0 Å². The summed E-state index contributed by atoms with van der Waals surface area (Å²) in [6.45, 7) is 6.87. The Morgan fingerprint density at radius 1 is 1.16 bits per heavy atom. The summed E-state index contributed by atoms with van der Waals surface area (Å²) in [6, 6.07) is 9.01. The fourth-order valence-electron chi connectivity index (χ4n) is 3.91. The molecule has 1 aromatic carbocycles. The smallest absolute Gasteiger partial charge is 0.0136 e. The van der Waals surface area contributed by atoms with Gasteiger partial charge in [-0.05, 0) is 55.1 Å². The minimum Gasteiger partial charge on any atom is -0.327 e. The standard InChI is InChI=1S/C18H29N/c1-14(2)13-18(10-6-7-11-18)17(19)12-16-9-5-4-8-15(16)3/h4-5,8-9,14,17H,6-7,10-13,19H2,1-3H3. The van der Waals surface area contributed by atoms with Crippen LogP contribution in [0.4, 0.5) is 0 Å². The molecular weight excluding hydrogens is 230 g/mol. The molecule has 1 saturated carbocycles. The molecule has 1 nitrogen and oxygen atoms in total. The van der Waals surface area contributed by atoms with Crippen molar-refractivity contribution in [3.05, 3.63) is 35.4 Å². The number of benzene rings is 1. The zero-order chi connectivity index (χ0) is 13.9. The van der Waals surface area contributed by atoms with Crippen molar-refractivity contribution in [2.45, 2.75) is 65.3 Å². The average molecular weight is 259 g/mol. The maximum Gasteiger partial charge on any atom is 0.0136 e. The van der Waals surface area contributed by atoms with Crippen LogP contribution in [0.15, 0.2) is 24.3 Å². The fourth-order valence-corrected chi connectivity index (χ4v) is 3.91. The predicted molar refractivity (Wildman–Crippen MR) is 83.2 cm³/mol. The molecule has 2 N–H and O–H groups in total. The summed E-state index contributed by atoms with van der Waals surface area (Å²) < 4.78 is 0. The average Bonchev–Trinajstić information content (AvgIpc) is 2.81. The Morgan fingerprint density at radius 2 is 1.79 bits per heavy atom. The fraction of sp³-hybridized carbons (Fsp3) is 0.667. The molecule has 1 fully saturated rings. The zero-order valence-electron chi connectivity index (χ0n) is 12.8.